The zero-order valence-electron chi connectivity index (χ0n) is 15.7. The molecule has 0 atom stereocenters. The van der Waals surface area contributed by atoms with Crippen molar-refractivity contribution in [3.05, 3.63) is 52.1 Å². The summed E-state index contributed by atoms with van der Waals surface area (Å²) in [6.45, 7) is 5.18. The molecule has 2 aliphatic heterocycles. The first-order chi connectivity index (χ1) is 13.8. The number of pyridine rings is 1. The van der Waals surface area contributed by atoms with Gasteiger partial charge in [-0.1, -0.05) is 6.07 Å². The molecule has 2 aliphatic rings. The molecule has 0 bridgehead atoms. The number of anilines is 1. The number of piperazine rings is 1. The topological polar surface area (TPSA) is 71.6 Å². The Bertz CT molecular complexity index is 1040. The van der Waals surface area contributed by atoms with E-state index in [1.807, 2.05) is 40.6 Å². The van der Waals surface area contributed by atoms with Crippen LogP contribution >= 0.6 is 11.8 Å². The standard InChI is InChI=1S/C19H23N7OS/c27-18-13-15-14-28-12-4-16(15)22-26(18)11-8-23-6-9-24(10-7-23)19-21-20-17-3-1-2-5-25(17)19/h1-3,5,13H,4,6-12,14H2. The fourth-order valence-electron chi connectivity index (χ4n) is 3.86. The molecule has 0 aliphatic carbocycles. The maximum atomic E-state index is 12.3. The molecule has 9 heteroatoms. The summed E-state index contributed by atoms with van der Waals surface area (Å²) in [4.78, 5) is 17.0. The Labute approximate surface area is 167 Å². The van der Waals surface area contributed by atoms with Crippen LogP contribution in [0, 0.1) is 0 Å². The Morgan fingerprint density at radius 2 is 1.96 bits per heavy atom. The lowest BCUT2D eigenvalue weighted by Crippen LogP contribution is -2.48. The van der Waals surface area contributed by atoms with Crippen molar-refractivity contribution in [2.75, 3.05) is 43.4 Å². The molecule has 0 unspecified atom stereocenters. The zero-order chi connectivity index (χ0) is 18.9. The molecular formula is C19H23N7OS. The minimum Gasteiger partial charge on any atom is -0.338 e. The van der Waals surface area contributed by atoms with E-state index in [9.17, 15) is 4.79 Å². The van der Waals surface area contributed by atoms with Crippen LogP contribution in [0.15, 0.2) is 35.3 Å². The lowest BCUT2D eigenvalue weighted by atomic mass is 10.2. The van der Waals surface area contributed by atoms with E-state index in [1.54, 1.807) is 10.7 Å². The van der Waals surface area contributed by atoms with Crippen molar-refractivity contribution < 1.29 is 0 Å². The van der Waals surface area contributed by atoms with Crippen LogP contribution < -0.4 is 10.5 Å². The van der Waals surface area contributed by atoms with E-state index >= 15 is 0 Å². The summed E-state index contributed by atoms with van der Waals surface area (Å²) in [7, 11) is 0. The second kappa shape index (κ2) is 7.56. The maximum Gasteiger partial charge on any atom is 0.267 e. The van der Waals surface area contributed by atoms with E-state index in [2.05, 4.69) is 25.1 Å². The van der Waals surface area contributed by atoms with Gasteiger partial charge in [0.05, 0.1) is 12.2 Å². The summed E-state index contributed by atoms with van der Waals surface area (Å²) >= 11 is 1.88. The van der Waals surface area contributed by atoms with Crippen LogP contribution in [0.25, 0.3) is 5.65 Å². The fourth-order valence-corrected chi connectivity index (χ4v) is 4.82. The van der Waals surface area contributed by atoms with Gasteiger partial charge >= 0.3 is 0 Å². The zero-order valence-corrected chi connectivity index (χ0v) is 16.5. The lowest BCUT2D eigenvalue weighted by molar-refractivity contribution is 0.241. The highest BCUT2D eigenvalue weighted by Crippen LogP contribution is 2.21. The molecule has 0 radical (unpaired) electrons. The average Bonchev–Trinajstić information content (AvgIpc) is 3.17. The number of hydrogen-bond donors (Lipinski definition) is 0. The summed E-state index contributed by atoms with van der Waals surface area (Å²) in [5.41, 5.74) is 3.11. The second-order valence-corrected chi connectivity index (χ2v) is 8.34. The highest BCUT2D eigenvalue weighted by Gasteiger charge is 2.21. The van der Waals surface area contributed by atoms with Crippen LogP contribution in [0.5, 0.6) is 0 Å². The van der Waals surface area contributed by atoms with E-state index in [0.29, 0.717) is 6.54 Å². The lowest BCUT2D eigenvalue weighted by Gasteiger charge is -2.34. The third-order valence-electron chi connectivity index (χ3n) is 5.48. The van der Waals surface area contributed by atoms with E-state index in [0.717, 1.165) is 73.5 Å². The first-order valence-electron chi connectivity index (χ1n) is 9.73. The van der Waals surface area contributed by atoms with Gasteiger partial charge in [-0.25, -0.2) is 4.68 Å². The van der Waals surface area contributed by atoms with E-state index < -0.39 is 0 Å². The number of thioether (sulfide) groups is 1. The van der Waals surface area contributed by atoms with Gasteiger partial charge in [-0.15, -0.1) is 10.2 Å². The smallest absolute Gasteiger partial charge is 0.267 e. The van der Waals surface area contributed by atoms with E-state index in [1.165, 1.54) is 0 Å². The minimum absolute atomic E-state index is 0.0230. The predicted molar refractivity (Wildman–Crippen MR) is 110 cm³/mol. The maximum absolute atomic E-state index is 12.3. The first-order valence-corrected chi connectivity index (χ1v) is 10.9. The predicted octanol–water partition coefficient (Wildman–Crippen LogP) is 0.897. The van der Waals surface area contributed by atoms with Gasteiger partial charge in [0.15, 0.2) is 5.65 Å². The third kappa shape index (κ3) is 3.40. The Balaban J connectivity index is 1.21. The van der Waals surface area contributed by atoms with Crippen molar-refractivity contribution in [3.8, 4) is 0 Å². The Kier molecular flexibility index (Phi) is 4.77. The van der Waals surface area contributed by atoms with Gasteiger partial charge in [-0.3, -0.25) is 14.1 Å². The highest BCUT2D eigenvalue weighted by molar-refractivity contribution is 7.98. The molecule has 28 heavy (non-hydrogen) atoms. The minimum atomic E-state index is 0.0230. The van der Waals surface area contributed by atoms with Crippen LogP contribution in [0.2, 0.25) is 0 Å². The van der Waals surface area contributed by atoms with Crippen molar-refractivity contribution >= 4 is 23.4 Å². The molecule has 146 valence electrons. The van der Waals surface area contributed by atoms with Crippen molar-refractivity contribution in [2.24, 2.45) is 0 Å². The summed E-state index contributed by atoms with van der Waals surface area (Å²) in [6.07, 6.45) is 2.97. The van der Waals surface area contributed by atoms with Crippen LogP contribution in [0.3, 0.4) is 0 Å². The van der Waals surface area contributed by atoms with Crippen LogP contribution in [0.4, 0.5) is 5.95 Å². The van der Waals surface area contributed by atoms with Gasteiger partial charge in [0.25, 0.3) is 5.56 Å². The molecule has 8 nitrogen and oxygen atoms in total. The Morgan fingerprint density at radius 3 is 2.86 bits per heavy atom. The number of fused-ring (bicyclic) bond motifs is 2. The quantitative estimate of drug-likeness (QED) is 0.648. The molecule has 0 spiro atoms. The second-order valence-electron chi connectivity index (χ2n) is 7.24. The molecule has 0 amide bonds. The molecule has 3 aromatic heterocycles. The Morgan fingerprint density at radius 1 is 1.07 bits per heavy atom. The van der Waals surface area contributed by atoms with Crippen molar-refractivity contribution in [3.63, 3.8) is 0 Å². The number of aryl methyl sites for hydroxylation is 1. The molecule has 0 aromatic carbocycles. The molecule has 0 saturated carbocycles. The molecule has 1 saturated heterocycles. The van der Waals surface area contributed by atoms with Crippen LogP contribution in [-0.2, 0) is 18.7 Å². The van der Waals surface area contributed by atoms with Crippen molar-refractivity contribution in [1.82, 2.24) is 29.3 Å². The third-order valence-corrected chi connectivity index (χ3v) is 6.49. The van der Waals surface area contributed by atoms with Gasteiger partial charge in [0.1, 0.15) is 0 Å². The van der Waals surface area contributed by atoms with Crippen molar-refractivity contribution in [1.29, 1.82) is 0 Å². The largest absolute Gasteiger partial charge is 0.338 e. The monoisotopic (exact) mass is 397 g/mol. The van der Waals surface area contributed by atoms with Crippen LogP contribution in [-0.4, -0.2) is 67.8 Å². The number of rotatable bonds is 4. The fraction of sp³-hybridized carbons (Fsp3) is 0.474. The van der Waals surface area contributed by atoms with Gasteiger partial charge in [-0.2, -0.15) is 16.9 Å². The average molecular weight is 398 g/mol. The molecule has 5 rings (SSSR count). The van der Waals surface area contributed by atoms with Gasteiger partial charge < -0.3 is 4.90 Å². The van der Waals surface area contributed by atoms with Crippen molar-refractivity contribution in [2.45, 2.75) is 18.7 Å². The van der Waals surface area contributed by atoms with Gasteiger partial charge in [-0.05, 0) is 23.4 Å². The number of nitrogens with zero attached hydrogens (tertiary/aromatic N) is 7. The van der Waals surface area contributed by atoms with Crippen LogP contribution in [0.1, 0.15) is 11.3 Å². The summed E-state index contributed by atoms with van der Waals surface area (Å²) < 4.78 is 3.68. The van der Waals surface area contributed by atoms with Gasteiger partial charge in [0, 0.05) is 57.2 Å². The number of hydrogen-bond acceptors (Lipinski definition) is 7. The van der Waals surface area contributed by atoms with E-state index in [-0.39, 0.29) is 5.56 Å². The normalized spacial score (nSPS) is 17.8. The van der Waals surface area contributed by atoms with Gasteiger partial charge in [0.2, 0.25) is 5.95 Å². The molecule has 3 aromatic rings. The Hall–Kier alpha value is -2.39. The molecule has 1 fully saturated rings. The molecule has 5 heterocycles. The highest BCUT2D eigenvalue weighted by atomic mass is 32.2. The van der Waals surface area contributed by atoms with E-state index in [4.69, 9.17) is 0 Å². The molecular weight excluding hydrogens is 374 g/mol. The molecule has 0 N–H and O–H groups in total. The summed E-state index contributed by atoms with van der Waals surface area (Å²) in [5.74, 6) is 2.91. The SMILES string of the molecule is O=c1cc2c(nn1CCN1CCN(c3nnc4ccccn34)CC1)CCSC2. The first kappa shape index (κ1) is 17.7. The summed E-state index contributed by atoms with van der Waals surface area (Å²) in [6, 6.07) is 7.72. The summed E-state index contributed by atoms with van der Waals surface area (Å²) in [5, 5.41) is 13.2. The number of aromatic nitrogens is 5.